The van der Waals surface area contributed by atoms with Crippen LogP contribution in [0.15, 0.2) is 47.6 Å². The van der Waals surface area contributed by atoms with Crippen molar-refractivity contribution in [1.29, 1.82) is 0 Å². The maximum Gasteiger partial charge on any atom is 0.129 e. The monoisotopic (exact) mass is 340 g/mol. The van der Waals surface area contributed by atoms with Crippen LogP contribution in [0.5, 0.6) is 0 Å². The van der Waals surface area contributed by atoms with Gasteiger partial charge in [-0.05, 0) is 32.4 Å². The molecule has 0 N–H and O–H groups in total. The van der Waals surface area contributed by atoms with E-state index in [0.717, 1.165) is 18.6 Å². The molecular formula is C21H40OS. The van der Waals surface area contributed by atoms with E-state index in [-0.39, 0.29) is 6.10 Å². The molecule has 0 aromatic heterocycles. The fraction of sp³-hybridized carbons (Fsp3) is 0.619. The lowest BCUT2D eigenvalue weighted by atomic mass is 10.1. The summed E-state index contributed by atoms with van der Waals surface area (Å²) in [5, 5.41) is 0.357. The molecule has 0 radical (unpaired) electrons. The third-order valence-electron chi connectivity index (χ3n) is 2.66. The minimum atomic E-state index is 0.261. The van der Waals surface area contributed by atoms with Gasteiger partial charge in [0.2, 0.25) is 0 Å². The van der Waals surface area contributed by atoms with Gasteiger partial charge in [0.1, 0.15) is 11.9 Å². The summed E-state index contributed by atoms with van der Waals surface area (Å²) in [5.74, 6) is 1.00. The van der Waals surface area contributed by atoms with Crippen molar-refractivity contribution < 1.29 is 4.74 Å². The molecule has 1 aliphatic rings. The molecule has 1 aliphatic heterocycles. The van der Waals surface area contributed by atoms with Gasteiger partial charge in [0.05, 0.1) is 5.25 Å². The summed E-state index contributed by atoms with van der Waals surface area (Å²) in [6.45, 7) is 22.1. The van der Waals surface area contributed by atoms with Gasteiger partial charge in [-0.25, -0.2) is 0 Å². The van der Waals surface area contributed by atoms with Crippen molar-refractivity contribution in [3.8, 4) is 0 Å². The number of allylic oxidation sites excluding steroid dienone is 4. The number of rotatable bonds is 4. The Morgan fingerprint density at radius 3 is 2.04 bits per heavy atom. The van der Waals surface area contributed by atoms with Crippen LogP contribution in [0.25, 0.3) is 0 Å². The zero-order valence-electron chi connectivity index (χ0n) is 17.0. The van der Waals surface area contributed by atoms with E-state index in [4.69, 9.17) is 4.74 Å². The van der Waals surface area contributed by atoms with E-state index < -0.39 is 0 Å². The first kappa shape index (κ1) is 27.0. The van der Waals surface area contributed by atoms with Crippen LogP contribution in [0.1, 0.15) is 75.2 Å². The van der Waals surface area contributed by atoms with Crippen LogP contribution in [0.4, 0.5) is 0 Å². The molecule has 0 bridgehead atoms. The molecule has 1 heterocycles. The third kappa shape index (κ3) is 11.3. The molecule has 2 unspecified atom stereocenters. The van der Waals surface area contributed by atoms with E-state index >= 15 is 0 Å². The summed E-state index contributed by atoms with van der Waals surface area (Å²) in [5.41, 5.74) is 0. The van der Waals surface area contributed by atoms with E-state index in [0.29, 0.717) is 5.25 Å². The maximum atomic E-state index is 6.06. The highest BCUT2D eigenvalue weighted by atomic mass is 32.2. The summed E-state index contributed by atoms with van der Waals surface area (Å²) in [4.78, 5) is 1.20. The van der Waals surface area contributed by atoms with Crippen molar-refractivity contribution >= 4 is 11.8 Å². The Labute approximate surface area is 151 Å². The van der Waals surface area contributed by atoms with Gasteiger partial charge in [-0.3, -0.25) is 0 Å². The van der Waals surface area contributed by atoms with Gasteiger partial charge in [-0.15, -0.1) is 18.3 Å². The van der Waals surface area contributed by atoms with Crippen LogP contribution >= 0.6 is 11.8 Å². The van der Waals surface area contributed by atoms with E-state index in [1.54, 1.807) is 0 Å². The highest BCUT2D eigenvalue weighted by Gasteiger charge is 2.29. The molecule has 1 nitrogen and oxygen atoms in total. The summed E-state index contributed by atoms with van der Waals surface area (Å²) >= 11 is 1.85. The number of hydrogen-bond donors (Lipinski definition) is 0. The van der Waals surface area contributed by atoms with Crippen LogP contribution in [-0.2, 0) is 4.74 Å². The van der Waals surface area contributed by atoms with Crippen molar-refractivity contribution in [1.82, 2.24) is 0 Å². The largest absolute Gasteiger partial charge is 0.488 e. The topological polar surface area (TPSA) is 9.23 Å². The third-order valence-corrected chi connectivity index (χ3v) is 4.02. The molecule has 1 rings (SSSR count). The Morgan fingerprint density at radius 1 is 1.09 bits per heavy atom. The number of ether oxygens (including phenoxy) is 1. The summed E-state index contributed by atoms with van der Waals surface area (Å²) < 4.78 is 6.06. The van der Waals surface area contributed by atoms with Crippen molar-refractivity contribution in [3.63, 3.8) is 0 Å². The first-order valence-electron chi connectivity index (χ1n) is 9.22. The van der Waals surface area contributed by atoms with E-state index in [9.17, 15) is 0 Å². The van der Waals surface area contributed by atoms with Crippen LogP contribution in [0.2, 0.25) is 0 Å². The average Bonchev–Trinajstić information content (AvgIpc) is 2.65. The molecule has 1 saturated heterocycles. The Kier molecular flexibility index (Phi) is 24.8. The van der Waals surface area contributed by atoms with Crippen molar-refractivity contribution in [2.24, 2.45) is 0 Å². The predicted octanol–water partition coefficient (Wildman–Crippen LogP) is 7.92. The molecule has 136 valence electrons. The Hall–Kier alpha value is -0.890. The molecule has 0 aromatic carbocycles. The molecule has 0 amide bonds. The molecule has 0 spiro atoms. The van der Waals surface area contributed by atoms with Crippen LogP contribution in [0.3, 0.4) is 0 Å². The van der Waals surface area contributed by atoms with Crippen LogP contribution in [0, 0.1) is 0 Å². The molecule has 2 atom stereocenters. The summed E-state index contributed by atoms with van der Waals surface area (Å²) in [6.07, 6.45) is 12.7. The molecule has 23 heavy (non-hydrogen) atoms. The lowest BCUT2D eigenvalue weighted by Crippen LogP contribution is -2.29. The standard InChI is InChI=1S/C15H22OS.3C2H6/c1-5-9-11-15-12(7-3)16-13(10-6-2)14(8-4)17-15;3*1-2/h5,7-9,11,13-14H,4,6,10H2,1-3H3;3*1-2H3/b9-5-,12-7+,15-11+;;;. The molecule has 2 heteroatoms. The molecule has 1 fully saturated rings. The normalized spacial score (nSPS) is 22.8. The number of hydrogen-bond acceptors (Lipinski definition) is 2. The molecule has 0 aliphatic carbocycles. The quantitative estimate of drug-likeness (QED) is 0.481. The second-order valence-electron chi connectivity index (χ2n) is 3.97. The summed E-state index contributed by atoms with van der Waals surface area (Å²) in [7, 11) is 0. The number of thioether (sulfide) groups is 1. The molecular weight excluding hydrogens is 300 g/mol. The smallest absolute Gasteiger partial charge is 0.129 e. The zero-order chi connectivity index (χ0) is 18.7. The minimum absolute atomic E-state index is 0.261. The molecule has 0 saturated carbocycles. The van der Waals surface area contributed by atoms with E-state index in [1.165, 1.54) is 4.91 Å². The van der Waals surface area contributed by atoms with Gasteiger partial charge in [0.15, 0.2) is 0 Å². The fourth-order valence-corrected chi connectivity index (χ4v) is 2.96. The summed E-state index contributed by atoms with van der Waals surface area (Å²) in [6, 6.07) is 0. The van der Waals surface area contributed by atoms with Gasteiger partial charge in [0, 0.05) is 4.91 Å². The second kappa shape index (κ2) is 21.1. The van der Waals surface area contributed by atoms with Crippen LogP contribution in [-0.4, -0.2) is 11.4 Å². The van der Waals surface area contributed by atoms with Gasteiger partial charge in [-0.2, -0.15) is 0 Å². The van der Waals surface area contributed by atoms with Crippen LogP contribution < -0.4 is 0 Å². The van der Waals surface area contributed by atoms with Crippen molar-refractivity contribution in [2.45, 2.75) is 86.5 Å². The zero-order valence-corrected chi connectivity index (χ0v) is 17.8. The lowest BCUT2D eigenvalue weighted by molar-refractivity contribution is 0.117. The maximum absolute atomic E-state index is 6.06. The van der Waals surface area contributed by atoms with E-state index in [2.05, 4.69) is 25.7 Å². The highest BCUT2D eigenvalue weighted by molar-refractivity contribution is 8.04. The predicted molar refractivity (Wildman–Crippen MR) is 112 cm³/mol. The van der Waals surface area contributed by atoms with Gasteiger partial charge >= 0.3 is 0 Å². The first-order chi connectivity index (χ1) is 11.3. The Morgan fingerprint density at radius 2 is 1.65 bits per heavy atom. The second-order valence-corrected chi connectivity index (χ2v) is 5.19. The van der Waals surface area contributed by atoms with Gasteiger partial charge in [-0.1, -0.05) is 73.1 Å². The van der Waals surface area contributed by atoms with Crippen molar-refractivity contribution in [3.05, 3.63) is 47.6 Å². The van der Waals surface area contributed by atoms with Gasteiger partial charge in [0.25, 0.3) is 0 Å². The van der Waals surface area contributed by atoms with Gasteiger partial charge < -0.3 is 4.74 Å². The average molecular weight is 341 g/mol. The van der Waals surface area contributed by atoms with E-state index in [1.807, 2.05) is 85.4 Å². The Bertz CT molecular complexity index is 340. The Balaban J connectivity index is -0.000000595. The molecule has 0 aromatic rings. The SMILES string of the molecule is C=CC1SC(=C/C=C\C)/C(=C\C)OC1CCC.CC.CC.CC. The first-order valence-corrected chi connectivity index (χ1v) is 10.1. The highest BCUT2D eigenvalue weighted by Crippen LogP contribution is 2.39. The lowest BCUT2D eigenvalue weighted by Gasteiger charge is -2.33. The van der Waals surface area contributed by atoms with Crippen molar-refractivity contribution in [2.75, 3.05) is 0 Å². The fourth-order valence-electron chi connectivity index (χ4n) is 1.79. The minimum Gasteiger partial charge on any atom is -0.488 e.